The van der Waals surface area contributed by atoms with Crippen molar-refractivity contribution in [1.82, 2.24) is 0 Å². The number of allylic oxidation sites excluding steroid dienone is 3. The van der Waals surface area contributed by atoms with Crippen molar-refractivity contribution >= 4 is 28.7 Å². The number of fused-ring (bicyclic) bond motifs is 3. The van der Waals surface area contributed by atoms with Gasteiger partial charge >= 0.3 is 0 Å². The monoisotopic (exact) mass is 606 g/mol. The molecule has 0 saturated heterocycles. The summed E-state index contributed by atoms with van der Waals surface area (Å²) in [6, 6.07) is 27.3. The van der Waals surface area contributed by atoms with Gasteiger partial charge in [-0.15, -0.1) is 11.6 Å². The van der Waals surface area contributed by atoms with Crippen LogP contribution in [0.25, 0.3) is 0 Å². The van der Waals surface area contributed by atoms with Crippen molar-refractivity contribution < 1.29 is 0 Å². The maximum Gasteiger partial charge on any atom is 0.0619 e. The van der Waals surface area contributed by atoms with Gasteiger partial charge in [-0.25, -0.2) is 0 Å². The Morgan fingerprint density at radius 2 is 1.34 bits per heavy atom. The van der Waals surface area contributed by atoms with Crippen LogP contribution < -0.4 is 9.80 Å². The first kappa shape index (κ1) is 31.0. The van der Waals surface area contributed by atoms with Crippen LogP contribution in [0.4, 0.5) is 17.1 Å². The van der Waals surface area contributed by atoms with Crippen molar-refractivity contribution in [3.63, 3.8) is 0 Å². The first-order valence-corrected chi connectivity index (χ1v) is 17.1. The number of rotatable bonds is 4. The molecule has 3 aliphatic rings. The topological polar surface area (TPSA) is 6.48 Å². The van der Waals surface area contributed by atoms with Crippen molar-refractivity contribution in [2.45, 2.75) is 115 Å². The lowest BCUT2D eigenvalue weighted by Gasteiger charge is -2.52. The lowest BCUT2D eigenvalue weighted by atomic mass is 9.61. The summed E-state index contributed by atoms with van der Waals surface area (Å²) in [4.78, 5) is 5.15. The molecule has 0 amide bonds. The third-order valence-corrected chi connectivity index (χ3v) is 11.5. The minimum Gasteiger partial charge on any atom is -0.338 e. The predicted molar refractivity (Wildman–Crippen MR) is 191 cm³/mol. The maximum absolute atomic E-state index is 7.37. The highest BCUT2D eigenvalue weighted by Crippen LogP contribution is 2.60. The molecule has 44 heavy (non-hydrogen) atoms. The SMILES string of the molecule is CC1C(N2c3ccccc3C3(C)CCCCC23C)=CC(N(c2cccc(C(C)(C)C)c2)c2cccc(C(C)(C)C)c2)=CC1Cl. The van der Waals surface area contributed by atoms with Gasteiger partial charge in [-0.1, -0.05) is 111 Å². The van der Waals surface area contributed by atoms with Gasteiger partial charge in [-0.05, 0) is 89.8 Å². The second-order valence-corrected chi connectivity index (χ2v) is 16.5. The van der Waals surface area contributed by atoms with Crippen molar-refractivity contribution in [2.24, 2.45) is 5.92 Å². The predicted octanol–water partition coefficient (Wildman–Crippen LogP) is 11.6. The molecule has 0 bridgehead atoms. The third-order valence-electron chi connectivity index (χ3n) is 11.0. The molecule has 3 aromatic rings. The lowest BCUT2D eigenvalue weighted by Crippen LogP contribution is -2.57. The lowest BCUT2D eigenvalue weighted by molar-refractivity contribution is 0.188. The van der Waals surface area contributed by atoms with Crippen molar-refractivity contribution in [1.29, 1.82) is 0 Å². The quantitative estimate of drug-likeness (QED) is 0.272. The van der Waals surface area contributed by atoms with Crippen LogP contribution in [-0.2, 0) is 16.2 Å². The largest absolute Gasteiger partial charge is 0.338 e. The van der Waals surface area contributed by atoms with E-state index in [1.54, 1.807) is 0 Å². The standard InChI is InChI=1S/C41H51ClN2/c1-28-35(42)26-33(27-37(28)44-36-21-11-10-20-34(36)40(8)22-12-13-23-41(40,44)9)43(31-18-14-16-29(24-31)38(2,3)4)32-19-15-17-30(25-32)39(5,6)7/h10-11,14-21,24-28,35H,12-13,22-23H2,1-9H3. The summed E-state index contributed by atoms with van der Waals surface area (Å²) in [7, 11) is 0. The van der Waals surface area contributed by atoms with E-state index in [1.807, 2.05) is 0 Å². The van der Waals surface area contributed by atoms with Crippen LogP contribution in [0.1, 0.15) is 105 Å². The van der Waals surface area contributed by atoms with E-state index in [1.165, 1.54) is 65.1 Å². The van der Waals surface area contributed by atoms with E-state index in [4.69, 9.17) is 11.6 Å². The molecule has 0 N–H and O–H groups in total. The Morgan fingerprint density at radius 3 is 1.93 bits per heavy atom. The molecule has 1 heterocycles. The molecular weight excluding hydrogens is 556 g/mol. The van der Waals surface area contributed by atoms with E-state index in [2.05, 4.69) is 157 Å². The maximum atomic E-state index is 7.37. The number of anilines is 3. The van der Waals surface area contributed by atoms with Crippen molar-refractivity contribution in [3.05, 3.63) is 113 Å². The second kappa shape index (κ2) is 10.8. The zero-order valence-electron chi connectivity index (χ0n) is 28.3. The molecule has 0 radical (unpaired) electrons. The summed E-state index contributed by atoms with van der Waals surface area (Å²) >= 11 is 7.37. The number of alkyl halides is 1. The van der Waals surface area contributed by atoms with Crippen LogP contribution in [0.2, 0.25) is 0 Å². The molecule has 3 aromatic carbocycles. The fourth-order valence-electron chi connectivity index (χ4n) is 7.98. The fourth-order valence-corrected chi connectivity index (χ4v) is 8.24. The number of halogens is 1. The van der Waals surface area contributed by atoms with Gasteiger partial charge in [0.25, 0.3) is 0 Å². The number of hydrogen-bond acceptors (Lipinski definition) is 2. The molecule has 1 aliphatic heterocycles. The van der Waals surface area contributed by atoms with Crippen LogP contribution in [0.3, 0.4) is 0 Å². The first-order chi connectivity index (χ1) is 20.6. The normalized spacial score (nSPS) is 26.9. The summed E-state index contributed by atoms with van der Waals surface area (Å²) in [6.45, 7) is 21.1. The molecule has 0 aromatic heterocycles. The number of nitrogens with zero attached hydrogens (tertiary/aromatic N) is 2. The van der Waals surface area contributed by atoms with Gasteiger partial charge in [-0.2, -0.15) is 0 Å². The van der Waals surface area contributed by atoms with Crippen molar-refractivity contribution in [3.8, 4) is 0 Å². The Labute approximate surface area is 271 Å². The highest BCUT2D eigenvalue weighted by Gasteiger charge is 2.58. The average molecular weight is 607 g/mol. The Balaban J connectivity index is 1.56. The second-order valence-electron chi connectivity index (χ2n) is 16.0. The van der Waals surface area contributed by atoms with Gasteiger partial charge in [0.1, 0.15) is 0 Å². The van der Waals surface area contributed by atoms with Crippen LogP contribution in [0.15, 0.2) is 96.3 Å². The molecule has 3 heteroatoms. The molecule has 232 valence electrons. The molecule has 1 fully saturated rings. The Morgan fingerprint density at radius 1 is 0.773 bits per heavy atom. The zero-order chi connectivity index (χ0) is 31.7. The number of benzene rings is 3. The van der Waals surface area contributed by atoms with E-state index < -0.39 is 0 Å². The third kappa shape index (κ3) is 5.02. The highest BCUT2D eigenvalue weighted by atomic mass is 35.5. The zero-order valence-corrected chi connectivity index (χ0v) is 29.1. The number of para-hydroxylation sites is 1. The number of hydrogen-bond donors (Lipinski definition) is 0. The first-order valence-electron chi connectivity index (χ1n) is 16.6. The van der Waals surface area contributed by atoms with Gasteiger partial charge < -0.3 is 9.80 Å². The van der Waals surface area contributed by atoms with Gasteiger partial charge in [0.05, 0.1) is 10.9 Å². The van der Waals surface area contributed by atoms with Crippen LogP contribution in [0.5, 0.6) is 0 Å². The summed E-state index contributed by atoms with van der Waals surface area (Å²) in [5.41, 5.74) is 10.5. The molecule has 2 aliphatic carbocycles. The Hall–Kier alpha value is -2.97. The Kier molecular flexibility index (Phi) is 7.64. The van der Waals surface area contributed by atoms with Gasteiger partial charge in [0.15, 0.2) is 0 Å². The van der Waals surface area contributed by atoms with Crippen LogP contribution >= 0.6 is 11.6 Å². The summed E-state index contributed by atoms with van der Waals surface area (Å²) in [5, 5.41) is -0.129. The summed E-state index contributed by atoms with van der Waals surface area (Å²) in [6.07, 6.45) is 9.69. The van der Waals surface area contributed by atoms with E-state index in [-0.39, 0.29) is 33.1 Å². The smallest absolute Gasteiger partial charge is 0.0619 e. The molecule has 4 unspecified atom stereocenters. The summed E-state index contributed by atoms with van der Waals surface area (Å²) < 4.78 is 0. The minimum absolute atomic E-state index is 0.00276. The Bertz CT molecular complexity index is 1560. The average Bonchev–Trinajstić information content (AvgIpc) is 3.18. The molecule has 6 rings (SSSR count). The van der Waals surface area contributed by atoms with Gasteiger partial charge in [0.2, 0.25) is 0 Å². The minimum atomic E-state index is -0.129. The molecule has 0 spiro atoms. The highest BCUT2D eigenvalue weighted by molar-refractivity contribution is 6.22. The van der Waals surface area contributed by atoms with Gasteiger partial charge in [0, 0.05) is 39.8 Å². The molecule has 4 atom stereocenters. The van der Waals surface area contributed by atoms with E-state index in [9.17, 15) is 0 Å². The fraction of sp³-hybridized carbons (Fsp3) is 0.463. The van der Waals surface area contributed by atoms with Crippen LogP contribution in [0, 0.1) is 5.92 Å². The molecule has 2 nitrogen and oxygen atoms in total. The van der Waals surface area contributed by atoms with Crippen molar-refractivity contribution in [2.75, 3.05) is 9.80 Å². The van der Waals surface area contributed by atoms with E-state index in [0.717, 1.165) is 5.70 Å². The summed E-state index contributed by atoms with van der Waals surface area (Å²) in [5.74, 6) is 0.179. The molecule has 1 saturated carbocycles. The molecular formula is C41H51ClN2. The van der Waals surface area contributed by atoms with E-state index >= 15 is 0 Å². The van der Waals surface area contributed by atoms with E-state index in [0.29, 0.717) is 0 Å². The van der Waals surface area contributed by atoms with Gasteiger partial charge in [-0.3, -0.25) is 0 Å². The van der Waals surface area contributed by atoms with Crippen LogP contribution in [-0.4, -0.2) is 10.9 Å².